The van der Waals surface area contributed by atoms with Crippen LogP contribution in [0.5, 0.6) is 0 Å². The van der Waals surface area contributed by atoms with Gasteiger partial charge in [-0.2, -0.15) is 0 Å². The van der Waals surface area contributed by atoms with Crippen molar-refractivity contribution in [2.75, 3.05) is 12.1 Å². The molecule has 10 heteroatoms. The highest BCUT2D eigenvalue weighted by Gasteiger charge is 2.24. The molecule has 0 aliphatic heterocycles. The summed E-state index contributed by atoms with van der Waals surface area (Å²) in [5, 5.41) is 0. The van der Waals surface area contributed by atoms with Gasteiger partial charge < -0.3 is 24.5 Å². The van der Waals surface area contributed by atoms with Crippen LogP contribution in [-0.2, 0) is 20.4 Å². The molecule has 0 bridgehead atoms. The Morgan fingerprint density at radius 2 is 2.00 bits per heavy atom. The van der Waals surface area contributed by atoms with Gasteiger partial charge in [-0.15, -0.1) is 0 Å². The van der Waals surface area contributed by atoms with Crippen molar-refractivity contribution in [2.45, 2.75) is 71.6 Å². The van der Waals surface area contributed by atoms with E-state index in [4.69, 9.17) is 15.0 Å². The van der Waals surface area contributed by atoms with Crippen molar-refractivity contribution in [3.05, 3.63) is 12.7 Å². The Hall–Kier alpha value is -1.54. The Balaban J connectivity index is 1.80. The zero-order valence-electron chi connectivity index (χ0n) is 16.2. The number of nitrogen functional groups attached to an aromatic ring is 1. The lowest BCUT2D eigenvalue weighted by Crippen LogP contribution is -2.18. The molecule has 0 aliphatic carbocycles. The fourth-order valence-electron chi connectivity index (χ4n) is 2.81. The Kier molecular flexibility index (Phi) is 8.16. The molecule has 2 rings (SSSR count). The van der Waals surface area contributed by atoms with Gasteiger partial charge in [0.1, 0.15) is 18.2 Å². The van der Waals surface area contributed by atoms with Crippen molar-refractivity contribution in [2.24, 2.45) is 0 Å². The number of hydrogen-bond donors (Lipinski definition) is 2. The van der Waals surface area contributed by atoms with E-state index in [2.05, 4.69) is 21.9 Å². The van der Waals surface area contributed by atoms with Crippen molar-refractivity contribution in [3.63, 3.8) is 0 Å². The summed E-state index contributed by atoms with van der Waals surface area (Å²) in [6.07, 6.45) is 7.22. The largest absolute Gasteiger partial charge is 0.382 e. The lowest BCUT2D eigenvalue weighted by molar-refractivity contribution is 0.0653. The van der Waals surface area contributed by atoms with Gasteiger partial charge in [0.25, 0.3) is 0 Å². The lowest BCUT2D eigenvalue weighted by atomic mass is 10.1. The van der Waals surface area contributed by atoms with Crippen molar-refractivity contribution in [1.82, 2.24) is 19.5 Å². The van der Waals surface area contributed by atoms with Gasteiger partial charge in [0, 0.05) is 0 Å². The van der Waals surface area contributed by atoms with Crippen molar-refractivity contribution < 1.29 is 18.7 Å². The summed E-state index contributed by atoms with van der Waals surface area (Å²) < 4.78 is 24.9. The van der Waals surface area contributed by atoms with E-state index in [0.29, 0.717) is 23.5 Å². The van der Waals surface area contributed by atoms with Gasteiger partial charge in [0.15, 0.2) is 11.5 Å². The number of imidazole rings is 1. The predicted octanol–water partition coefficient (Wildman–Crippen LogP) is 3.33. The summed E-state index contributed by atoms with van der Waals surface area (Å²) in [5.74, 6) is 0.313. The molecule has 2 aromatic heterocycles. The number of fused-ring (bicyclic) bond motifs is 1. The zero-order valence-corrected chi connectivity index (χ0v) is 17.1. The summed E-state index contributed by atoms with van der Waals surface area (Å²) in [7, 11) is -3.80. The molecule has 0 spiro atoms. The molecule has 9 nitrogen and oxygen atoms in total. The van der Waals surface area contributed by atoms with Crippen LogP contribution < -0.4 is 5.73 Å². The number of hydrogen-bond acceptors (Lipinski definition) is 7. The van der Waals surface area contributed by atoms with E-state index < -0.39 is 7.60 Å². The molecule has 0 aromatic carbocycles. The van der Waals surface area contributed by atoms with Gasteiger partial charge in [0.2, 0.25) is 0 Å². The van der Waals surface area contributed by atoms with E-state index in [1.807, 2.05) is 13.8 Å². The third-order valence-corrected chi connectivity index (χ3v) is 5.38. The van der Waals surface area contributed by atoms with E-state index in [1.165, 1.54) is 12.7 Å². The molecule has 0 amide bonds. The van der Waals surface area contributed by atoms with Crippen LogP contribution in [0.2, 0.25) is 0 Å². The number of unbranched alkanes of at least 4 members (excludes halogenated alkanes) is 3. The smallest absolute Gasteiger partial charge is 0.353 e. The quantitative estimate of drug-likeness (QED) is 0.411. The van der Waals surface area contributed by atoms with Crippen LogP contribution in [-0.4, -0.2) is 43.0 Å². The fraction of sp³-hybridized carbons (Fsp3) is 0.706. The summed E-state index contributed by atoms with van der Waals surface area (Å²) in [5.41, 5.74) is 6.89. The van der Waals surface area contributed by atoms with Crippen LogP contribution in [0.25, 0.3) is 11.2 Å². The minimum atomic E-state index is -3.80. The van der Waals surface area contributed by atoms with Gasteiger partial charge >= 0.3 is 7.60 Å². The summed E-state index contributed by atoms with van der Waals surface area (Å²) in [6.45, 7) is 6.19. The van der Waals surface area contributed by atoms with E-state index in [1.54, 1.807) is 10.9 Å². The minimum absolute atomic E-state index is 0.270. The van der Waals surface area contributed by atoms with Crippen LogP contribution in [0.15, 0.2) is 12.7 Å². The standard InChI is InChI=1S/C17H30N5O4P/c1-4-5-6-7-8-13(2)26-27(23,24)12-25-14(3)9-22-11-21-15-16(18)19-10-20-17(15)22/h10-11,13-14H,4-9,12H2,1-3H3,(H,23,24)(H2,18,19,20)/t13?,14-/m1/s1. The molecular formula is C17H30N5O4P. The van der Waals surface area contributed by atoms with Gasteiger partial charge in [-0.1, -0.05) is 32.6 Å². The molecule has 0 saturated carbocycles. The molecule has 2 heterocycles. The van der Waals surface area contributed by atoms with Crippen LogP contribution in [0.4, 0.5) is 5.82 Å². The molecule has 0 fully saturated rings. The van der Waals surface area contributed by atoms with Gasteiger partial charge in [0.05, 0.1) is 25.1 Å². The van der Waals surface area contributed by atoms with Gasteiger partial charge in [-0.3, -0.25) is 4.57 Å². The maximum Gasteiger partial charge on any atom is 0.353 e. The first-order valence-electron chi connectivity index (χ1n) is 9.35. The molecule has 2 aromatic rings. The molecule has 0 saturated heterocycles. The highest BCUT2D eigenvalue weighted by atomic mass is 31.2. The topological polar surface area (TPSA) is 125 Å². The van der Waals surface area contributed by atoms with Crippen LogP contribution >= 0.6 is 7.60 Å². The maximum atomic E-state index is 12.2. The second kappa shape index (κ2) is 10.1. The Bertz CT molecular complexity index is 769. The van der Waals surface area contributed by atoms with Gasteiger partial charge in [-0.05, 0) is 20.3 Å². The summed E-state index contributed by atoms with van der Waals surface area (Å²) in [4.78, 5) is 22.3. The molecule has 27 heavy (non-hydrogen) atoms. The first kappa shape index (κ1) is 21.8. The number of nitrogens with two attached hydrogens (primary N) is 1. The van der Waals surface area contributed by atoms with Crippen LogP contribution in [0.1, 0.15) is 52.9 Å². The number of ether oxygens (including phenoxy) is 1. The van der Waals surface area contributed by atoms with Crippen LogP contribution in [0, 0.1) is 0 Å². The normalized spacial score (nSPS) is 16.3. The molecule has 2 unspecified atom stereocenters. The minimum Gasteiger partial charge on any atom is -0.382 e. The Morgan fingerprint density at radius 3 is 2.74 bits per heavy atom. The van der Waals surface area contributed by atoms with E-state index in [9.17, 15) is 9.46 Å². The number of anilines is 1. The maximum absolute atomic E-state index is 12.2. The molecule has 152 valence electrons. The van der Waals surface area contributed by atoms with E-state index in [-0.39, 0.29) is 18.6 Å². The highest BCUT2D eigenvalue weighted by molar-refractivity contribution is 7.52. The lowest BCUT2D eigenvalue weighted by Gasteiger charge is -2.20. The first-order chi connectivity index (χ1) is 12.8. The average Bonchev–Trinajstić information content (AvgIpc) is 3.01. The monoisotopic (exact) mass is 399 g/mol. The Labute approximate surface area is 159 Å². The van der Waals surface area contributed by atoms with Crippen molar-refractivity contribution >= 4 is 24.6 Å². The number of aromatic nitrogens is 4. The van der Waals surface area contributed by atoms with Crippen molar-refractivity contribution in [3.8, 4) is 0 Å². The summed E-state index contributed by atoms with van der Waals surface area (Å²) >= 11 is 0. The molecule has 3 N–H and O–H groups in total. The SMILES string of the molecule is CCCCCCC(C)OP(=O)(O)CO[C@H](C)Cn1cnc2c(N)ncnc21. The number of nitrogens with zero attached hydrogens (tertiary/aromatic N) is 4. The Morgan fingerprint density at radius 1 is 1.22 bits per heavy atom. The first-order valence-corrected chi connectivity index (χ1v) is 11.1. The highest BCUT2D eigenvalue weighted by Crippen LogP contribution is 2.44. The van der Waals surface area contributed by atoms with E-state index in [0.717, 1.165) is 25.7 Å². The van der Waals surface area contributed by atoms with Crippen molar-refractivity contribution in [1.29, 1.82) is 0 Å². The second-order valence-corrected chi connectivity index (χ2v) is 8.58. The molecular weight excluding hydrogens is 369 g/mol. The third-order valence-electron chi connectivity index (χ3n) is 4.21. The molecule has 0 radical (unpaired) electrons. The fourth-order valence-corrected chi connectivity index (χ4v) is 3.98. The van der Waals surface area contributed by atoms with E-state index >= 15 is 0 Å². The summed E-state index contributed by atoms with van der Waals surface area (Å²) in [6, 6.07) is 0. The molecule has 3 atom stereocenters. The predicted molar refractivity (Wildman–Crippen MR) is 104 cm³/mol. The van der Waals surface area contributed by atoms with Gasteiger partial charge in [-0.25, -0.2) is 15.0 Å². The second-order valence-electron chi connectivity index (χ2n) is 6.84. The third kappa shape index (κ3) is 6.84. The average molecular weight is 399 g/mol. The zero-order chi connectivity index (χ0) is 19.9. The molecule has 0 aliphatic rings. The number of rotatable bonds is 12. The van der Waals surface area contributed by atoms with Crippen LogP contribution in [0.3, 0.4) is 0 Å².